The SMILES string of the molecule is O=C(/C=C\c1ccc(F)cc1)NCc1cccc(CNC(=O)/C=C/c2ccc(F)cc2)c1. The van der Waals surface area contributed by atoms with Crippen molar-refractivity contribution in [2.75, 3.05) is 0 Å². The summed E-state index contributed by atoms with van der Waals surface area (Å²) in [6, 6.07) is 19.2. The zero-order valence-corrected chi connectivity index (χ0v) is 17.2. The van der Waals surface area contributed by atoms with Crippen LogP contribution in [0.2, 0.25) is 0 Å². The van der Waals surface area contributed by atoms with Crippen LogP contribution in [0.3, 0.4) is 0 Å². The first kappa shape index (κ1) is 22.6. The Morgan fingerprint density at radius 1 is 0.656 bits per heavy atom. The quantitative estimate of drug-likeness (QED) is 0.510. The van der Waals surface area contributed by atoms with Crippen LogP contribution in [-0.2, 0) is 22.7 Å². The third-order valence-electron chi connectivity index (χ3n) is 4.52. The second kappa shape index (κ2) is 11.4. The molecule has 0 aliphatic rings. The Labute approximate surface area is 185 Å². The summed E-state index contributed by atoms with van der Waals surface area (Å²) in [5, 5.41) is 5.58. The lowest BCUT2D eigenvalue weighted by molar-refractivity contribution is -0.117. The third kappa shape index (κ3) is 7.65. The molecule has 0 aliphatic heterocycles. The van der Waals surface area contributed by atoms with Crippen LogP contribution in [0.4, 0.5) is 8.78 Å². The summed E-state index contributed by atoms with van der Waals surface area (Å²) in [5.74, 6) is -1.18. The van der Waals surface area contributed by atoms with Crippen LogP contribution in [-0.4, -0.2) is 11.8 Å². The van der Waals surface area contributed by atoms with Crippen LogP contribution in [0.25, 0.3) is 12.2 Å². The molecular weight excluding hydrogens is 410 g/mol. The Bertz CT molecular complexity index is 1030. The van der Waals surface area contributed by atoms with Gasteiger partial charge in [-0.05, 0) is 58.7 Å². The van der Waals surface area contributed by atoms with Crippen molar-refractivity contribution >= 4 is 24.0 Å². The highest BCUT2D eigenvalue weighted by atomic mass is 19.1. The Morgan fingerprint density at radius 2 is 1.06 bits per heavy atom. The van der Waals surface area contributed by atoms with E-state index in [-0.39, 0.29) is 23.4 Å². The Kier molecular flexibility index (Phi) is 8.03. The lowest BCUT2D eigenvalue weighted by atomic mass is 10.1. The number of halogens is 2. The molecule has 2 N–H and O–H groups in total. The van der Waals surface area contributed by atoms with Gasteiger partial charge in [-0.3, -0.25) is 9.59 Å². The lowest BCUT2D eigenvalue weighted by Gasteiger charge is -2.07. The van der Waals surface area contributed by atoms with E-state index in [4.69, 9.17) is 0 Å². The van der Waals surface area contributed by atoms with Gasteiger partial charge in [0.2, 0.25) is 11.8 Å². The minimum absolute atomic E-state index is 0.265. The van der Waals surface area contributed by atoms with Gasteiger partial charge < -0.3 is 10.6 Å². The maximum Gasteiger partial charge on any atom is 0.244 e. The highest BCUT2D eigenvalue weighted by Gasteiger charge is 2.01. The molecule has 0 atom stereocenters. The minimum Gasteiger partial charge on any atom is -0.348 e. The second-order valence-corrected chi connectivity index (χ2v) is 7.03. The van der Waals surface area contributed by atoms with Gasteiger partial charge in [0.25, 0.3) is 0 Å². The number of carbonyl (C=O) groups is 2. The molecule has 2 amide bonds. The van der Waals surface area contributed by atoms with Gasteiger partial charge in [0.1, 0.15) is 11.6 Å². The molecule has 0 aliphatic carbocycles. The molecule has 32 heavy (non-hydrogen) atoms. The van der Waals surface area contributed by atoms with Crippen LogP contribution in [0.5, 0.6) is 0 Å². The molecule has 3 aromatic rings. The topological polar surface area (TPSA) is 58.2 Å². The fourth-order valence-electron chi connectivity index (χ4n) is 2.84. The number of rotatable bonds is 8. The van der Waals surface area contributed by atoms with Gasteiger partial charge in [0.05, 0.1) is 0 Å². The summed E-state index contributed by atoms with van der Waals surface area (Å²) in [4.78, 5) is 24.0. The molecule has 6 heteroatoms. The summed E-state index contributed by atoms with van der Waals surface area (Å²) in [6.07, 6.45) is 6.01. The largest absolute Gasteiger partial charge is 0.348 e. The molecule has 3 rings (SSSR count). The first-order chi connectivity index (χ1) is 15.5. The van der Waals surface area contributed by atoms with Crippen molar-refractivity contribution in [1.82, 2.24) is 10.6 Å². The van der Waals surface area contributed by atoms with Gasteiger partial charge >= 0.3 is 0 Å². The molecule has 0 saturated carbocycles. The zero-order chi connectivity index (χ0) is 22.8. The molecule has 3 aromatic carbocycles. The fourth-order valence-corrected chi connectivity index (χ4v) is 2.84. The Hall–Kier alpha value is -4.06. The van der Waals surface area contributed by atoms with E-state index < -0.39 is 0 Å². The Balaban J connectivity index is 1.46. The van der Waals surface area contributed by atoms with Crippen molar-refractivity contribution in [3.63, 3.8) is 0 Å². The molecule has 0 heterocycles. The maximum atomic E-state index is 12.9. The van der Waals surface area contributed by atoms with Crippen LogP contribution in [0.15, 0.2) is 84.9 Å². The monoisotopic (exact) mass is 432 g/mol. The van der Waals surface area contributed by atoms with Crippen molar-refractivity contribution in [2.45, 2.75) is 13.1 Å². The molecule has 0 saturated heterocycles. The van der Waals surface area contributed by atoms with Crippen molar-refractivity contribution in [1.29, 1.82) is 0 Å². The first-order valence-corrected chi connectivity index (χ1v) is 9.99. The number of amides is 2. The zero-order valence-electron chi connectivity index (χ0n) is 17.2. The van der Waals surface area contributed by atoms with Gasteiger partial charge in [-0.1, -0.05) is 48.5 Å². The molecule has 162 valence electrons. The van der Waals surface area contributed by atoms with Gasteiger partial charge in [0, 0.05) is 25.2 Å². The summed E-state index contributed by atoms with van der Waals surface area (Å²) in [6.45, 7) is 0.664. The van der Waals surface area contributed by atoms with E-state index in [9.17, 15) is 18.4 Å². The highest BCUT2D eigenvalue weighted by Crippen LogP contribution is 2.07. The molecule has 0 spiro atoms. The predicted octanol–water partition coefficient (Wildman–Crippen LogP) is 4.62. The molecule has 4 nitrogen and oxygen atoms in total. The number of hydrogen-bond acceptors (Lipinski definition) is 2. The van der Waals surface area contributed by atoms with Gasteiger partial charge in [0.15, 0.2) is 0 Å². The normalized spacial score (nSPS) is 11.1. The van der Waals surface area contributed by atoms with Crippen molar-refractivity contribution in [3.8, 4) is 0 Å². The van der Waals surface area contributed by atoms with E-state index >= 15 is 0 Å². The van der Waals surface area contributed by atoms with Crippen molar-refractivity contribution in [2.24, 2.45) is 0 Å². The third-order valence-corrected chi connectivity index (χ3v) is 4.52. The van der Waals surface area contributed by atoms with E-state index in [0.717, 1.165) is 22.3 Å². The fraction of sp³-hybridized carbons (Fsp3) is 0.0769. The number of hydrogen-bond donors (Lipinski definition) is 2. The molecule has 0 fully saturated rings. The Morgan fingerprint density at radius 3 is 1.47 bits per heavy atom. The summed E-state index contributed by atoms with van der Waals surface area (Å²) in [5.41, 5.74) is 3.24. The number of nitrogens with one attached hydrogen (secondary N) is 2. The maximum absolute atomic E-state index is 12.9. The van der Waals surface area contributed by atoms with Crippen LogP contribution >= 0.6 is 0 Å². The molecule has 0 radical (unpaired) electrons. The summed E-state index contributed by atoms with van der Waals surface area (Å²) >= 11 is 0. The standard InChI is InChI=1S/C26H22F2N2O2/c27-23-10-4-19(5-11-23)8-14-25(31)29-17-21-2-1-3-22(16-21)18-30-26(32)15-9-20-6-12-24(28)13-7-20/h1-16H,17-18H2,(H,29,31)(H,30,32)/b14-8-,15-9+. The second-order valence-electron chi connectivity index (χ2n) is 7.03. The van der Waals surface area contributed by atoms with Gasteiger partial charge in [-0.15, -0.1) is 0 Å². The lowest BCUT2D eigenvalue weighted by Crippen LogP contribution is -2.21. The van der Waals surface area contributed by atoms with E-state index in [1.165, 1.54) is 36.4 Å². The summed E-state index contributed by atoms with van der Waals surface area (Å²) < 4.78 is 25.8. The van der Waals surface area contributed by atoms with Gasteiger partial charge in [-0.2, -0.15) is 0 Å². The molecule has 0 aromatic heterocycles. The average Bonchev–Trinajstić information content (AvgIpc) is 2.81. The highest BCUT2D eigenvalue weighted by molar-refractivity contribution is 5.92. The summed E-state index contributed by atoms with van der Waals surface area (Å²) in [7, 11) is 0. The van der Waals surface area contributed by atoms with E-state index in [1.54, 1.807) is 36.4 Å². The molecular formula is C26H22F2N2O2. The van der Waals surface area contributed by atoms with Gasteiger partial charge in [-0.25, -0.2) is 8.78 Å². The average molecular weight is 432 g/mol. The van der Waals surface area contributed by atoms with E-state index in [2.05, 4.69) is 10.6 Å². The van der Waals surface area contributed by atoms with E-state index in [0.29, 0.717) is 13.1 Å². The van der Waals surface area contributed by atoms with Crippen LogP contribution < -0.4 is 10.6 Å². The predicted molar refractivity (Wildman–Crippen MR) is 121 cm³/mol. The van der Waals surface area contributed by atoms with E-state index in [1.807, 2.05) is 24.3 Å². The first-order valence-electron chi connectivity index (χ1n) is 9.99. The van der Waals surface area contributed by atoms with Crippen molar-refractivity contribution < 1.29 is 18.4 Å². The minimum atomic E-state index is -0.327. The van der Waals surface area contributed by atoms with Crippen LogP contribution in [0.1, 0.15) is 22.3 Å². The van der Waals surface area contributed by atoms with Crippen LogP contribution in [0, 0.1) is 11.6 Å². The van der Waals surface area contributed by atoms with Crippen molar-refractivity contribution in [3.05, 3.63) is 119 Å². The molecule has 0 bridgehead atoms. The number of benzene rings is 3. The molecule has 0 unspecified atom stereocenters. The smallest absolute Gasteiger partial charge is 0.244 e. The number of carbonyl (C=O) groups excluding carboxylic acids is 2.